The first kappa shape index (κ1) is 8.90. The maximum Gasteiger partial charge on any atom is 0.196 e. The lowest BCUT2D eigenvalue weighted by molar-refractivity contribution is 0.575. The van der Waals surface area contributed by atoms with Gasteiger partial charge in [-0.15, -0.1) is 0 Å². The zero-order valence-corrected chi connectivity index (χ0v) is 7.90. The summed E-state index contributed by atoms with van der Waals surface area (Å²) in [7, 11) is 0. The van der Waals surface area contributed by atoms with Gasteiger partial charge in [-0.3, -0.25) is 0 Å². The standard InChI is InChI=1S/C10H11N3O/c1-7-3-5-14-9(7)10-12-4-2-8(6-11)13-10/h2-5H,6,11H2,1H3. The van der Waals surface area contributed by atoms with Gasteiger partial charge in [0.25, 0.3) is 0 Å². The molecule has 2 N–H and O–H groups in total. The Hall–Kier alpha value is -1.68. The summed E-state index contributed by atoms with van der Waals surface area (Å²) in [5.41, 5.74) is 7.33. The molecule has 0 saturated carbocycles. The third-order valence-corrected chi connectivity index (χ3v) is 1.99. The topological polar surface area (TPSA) is 64.9 Å². The smallest absolute Gasteiger partial charge is 0.196 e. The van der Waals surface area contributed by atoms with Gasteiger partial charge in [-0.25, -0.2) is 9.97 Å². The van der Waals surface area contributed by atoms with E-state index in [0.29, 0.717) is 18.1 Å². The SMILES string of the molecule is Cc1ccoc1-c1nccc(CN)n1. The number of nitrogens with two attached hydrogens (primary N) is 1. The van der Waals surface area contributed by atoms with E-state index in [4.69, 9.17) is 10.2 Å². The molecule has 2 heterocycles. The van der Waals surface area contributed by atoms with Crippen molar-refractivity contribution in [3.63, 3.8) is 0 Å². The highest BCUT2D eigenvalue weighted by Crippen LogP contribution is 2.19. The Labute approximate surface area is 81.8 Å². The third kappa shape index (κ3) is 1.52. The van der Waals surface area contributed by atoms with Crippen LogP contribution >= 0.6 is 0 Å². The molecule has 2 aromatic rings. The number of hydrogen-bond donors (Lipinski definition) is 1. The molecule has 72 valence electrons. The van der Waals surface area contributed by atoms with Crippen molar-refractivity contribution in [2.45, 2.75) is 13.5 Å². The van der Waals surface area contributed by atoms with Crippen molar-refractivity contribution in [1.82, 2.24) is 9.97 Å². The first-order chi connectivity index (χ1) is 6.81. The van der Waals surface area contributed by atoms with Crippen LogP contribution < -0.4 is 5.73 Å². The molecule has 0 aliphatic rings. The van der Waals surface area contributed by atoms with Gasteiger partial charge in [0.05, 0.1) is 12.0 Å². The highest BCUT2D eigenvalue weighted by atomic mass is 16.3. The molecule has 0 saturated heterocycles. The number of nitrogens with zero attached hydrogens (tertiary/aromatic N) is 2. The molecular weight excluding hydrogens is 178 g/mol. The second-order valence-corrected chi connectivity index (χ2v) is 3.01. The van der Waals surface area contributed by atoms with Crippen LogP contribution in [0.2, 0.25) is 0 Å². The van der Waals surface area contributed by atoms with E-state index in [-0.39, 0.29) is 0 Å². The normalized spacial score (nSPS) is 10.4. The molecule has 2 rings (SSSR count). The fraction of sp³-hybridized carbons (Fsp3) is 0.200. The Morgan fingerprint density at radius 3 is 2.93 bits per heavy atom. The molecule has 2 aromatic heterocycles. The molecule has 4 nitrogen and oxygen atoms in total. The Kier molecular flexibility index (Phi) is 2.28. The lowest BCUT2D eigenvalue weighted by atomic mass is 10.2. The molecule has 4 heteroatoms. The summed E-state index contributed by atoms with van der Waals surface area (Å²) in [6.07, 6.45) is 3.32. The second-order valence-electron chi connectivity index (χ2n) is 3.01. The Bertz CT molecular complexity index is 436. The quantitative estimate of drug-likeness (QED) is 0.777. The van der Waals surface area contributed by atoms with Crippen molar-refractivity contribution in [2.24, 2.45) is 5.73 Å². The summed E-state index contributed by atoms with van der Waals surface area (Å²) in [6.45, 7) is 2.37. The van der Waals surface area contributed by atoms with Crippen LogP contribution in [0.15, 0.2) is 29.0 Å². The Morgan fingerprint density at radius 1 is 1.43 bits per heavy atom. The van der Waals surface area contributed by atoms with Gasteiger partial charge in [-0.2, -0.15) is 0 Å². The van der Waals surface area contributed by atoms with Crippen LogP contribution in [0.4, 0.5) is 0 Å². The van der Waals surface area contributed by atoms with Crippen molar-refractivity contribution < 1.29 is 4.42 Å². The van der Waals surface area contributed by atoms with E-state index in [1.807, 2.05) is 13.0 Å². The lowest BCUT2D eigenvalue weighted by Crippen LogP contribution is -2.01. The van der Waals surface area contributed by atoms with E-state index in [1.54, 1.807) is 18.5 Å². The molecular formula is C10H11N3O. The van der Waals surface area contributed by atoms with Gasteiger partial charge in [-0.1, -0.05) is 0 Å². The van der Waals surface area contributed by atoms with Gasteiger partial charge in [-0.05, 0) is 24.6 Å². The van der Waals surface area contributed by atoms with E-state index < -0.39 is 0 Å². The highest BCUT2D eigenvalue weighted by Gasteiger charge is 2.08. The first-order valence-electron chi connectivity index (χ1n) is 4.37. The fourth-order valence-electron chi connectivity index (χ4n) is 1.22. The van der Waals surface area contributed by atoms with Crippen molar-refractivity contribution >= 4 is 0 Å². The van der Waals surface area contributed by atoms with Crippen LogP contribution in [0.3, 0.4) is 0 Å². The maximum atomic E-state index is 5.49. The number of aryl methyl sites for hydroxylation is 1. The monoisotopic (exact) mass is 189 g/mol. The number of aromatic nitrogens is 2. The Balaban J connectivity index is 2.47. The molecule has 14 heavy (non-hydrogen) atoms. The molecule has 0 aliphatic carbocycles. The van der Waals surface area contributed by atoms with E-state index in [1.165, 1.54) is 0 Å². The van der Waals surface area contributed by atoms with Gasteiger partial charge in [0.15, 0.2) is 11.6 Å². The Morgan fingerprint density at radius 2 is 2.29 bits per heavy atom. The van der Waals surface area contributed by atoms with E-state index >= 15 is 0 Å². The molecule has 0 spiro atoms. The average molecular weight is 189 g/mol. The average Bonchev–Trinajstić information content (AvgIpc) is 2.65. The molecule has 0 bridgehead atoms. The largest absolute Gasteiger partial charge is 0.461 e. The zero-order chi connectivity index (χ0) is 9.97. The minimum Gasteiger partial charge on any atom is -0.461 e. The fourth-order valence-corrected chi connectivity index (χ4v) is 1.22. The van der Waals surface area contributed by atoms with Crippen molar-refractivity contribution in [3.05, 3.63) is 35.9 Å². The van der Waals surface area contributed by atoms with Gasteiger partial charge >= 0.3 is 0 Å². The molecule has 0 unspecified atom stereocenters. The molecule has 0 aromatic carbocycles. The van der Waals surface area contributed by atoms with Crippen LogP contribution in [0, 0.1) is 6.92 Å². The third-order valence-electron chi connectivity index (χ3n) is 1.99. The first-order valence-corrected chi connectivity index (χ1v) is 4.37. The van der Waals surface area contributed by atoms with Crippen LogP contribution in [0.25, 0.3) is 11.6 Å². The van der Waals surface area contributed by atoms with Crippen LogP contribution in [-0.2, 0) is 6.54 Å². The number of furan rings is 1. The van der Waals surface area contributed by atoms with Gasteiger partial charge in [0.1, 0.15) is 0 Å². The predicted octanol–water partition coefficient (Wildman–Crippen LogP) is 1.50. The van der Waals surface area contributed by atoms with E-state index in [2.05, 4.69) is 9.97 Å². The molecule has 0 amide bonds. The van der Waals surface area contributed by atoms with E-state index in [0.717, 1.165) is 11.3 Å². The summed E-state index contributed by atoms with van der Waals surface area (Å²) >= 11 is 0. The maximum absolute atomic E-state index is 5.49. The van der Waals surface area contributed by atoms with Gasteiger partial charge in [0.2, 0.25) is 0 Å². The van der Waals surface area contributed by atoms with Crippen molar-refractivity contribution in [1.29, 1.82) is 0 Å². The summed E-state index contributed by atoms with van der Waals surface area (Å²) in [6, 6.07) is 3.68. The molecule has 0 fully saturated rings. The van der Waals surface area contributed by atoms with Crippen LogP contribution in [0.5, 0.6) is 0 Å². The van der Waals surface area contributed by atoms with Gasteiger partial charge in [0, 0.05) is 12.7 Å². The molecule has 0 radical (unpaired) electrons. The van der Waals surface area contributed by atoms with Crippen molar-refractivity contribution in [3.8, 4) is 11.6 Å². The van der Waals surface area contributed by atoms with Gasteiger partial charge < -0.3 is 10.2 Å². The van der Waals surface area contributed by atoms with E-state index in [9.17, 15) is 0 Å². The summed E-state index contributed by atoms with van der Waals surface area (Å²) in [5, 5.41) is 0. The minimum atomic E-state index is 0.412. The summed E-state index contributed by atoms with van der Waals surface area (Å²) < 4.78 is 5.28. The highest BCUT2D eigenvalue weighted by molar-refractivity contribution is 5.51. The predicted molar refractivity (Wildman–Crippen MR) is 52.4 cm³/mol. The zero-order valence-electron chi connectivity index (χ0n) is 7.90. The minimum absolute atomic E-state index is 0.412. The summed E-state index contributed by atoms with van der Waals surface area (Å²) in [4.78, 5) is 8.39. The van der Waals surface area contributed by atoms with Crippen LogP contribution in [0.1, 0.15) is 11.3 Å². The number of rotatable bonds is 2. The molecule has 0 aliphatic heterocycles. The van der Waals surface area contributed by atoms with Crippen molar-refractivity contribution in [2.75, 3.05) is 0 Å². The van der Waals surface area contributed by atoms with Crippen LogP contribution in [-0.4, -0.2) is 9.97 Å². The second kappa shape index (κ2) is 3.59. The number of hydrogen-bond acceptors (Lipinski definition) is 4. The summed E-state index contributed by atoms with van der Waals surface area (Å²) in [5.74, 6) is 1.30. The lowest BCUT2D eigenvalue weighted by Gasteiger charge is -1.99. The molecule has 0 atom stereocenters.